The fourth-order valence-corrected chi connectivity index (χ4v) is 2.47. The SMILES string of the molecule is Cc1ccc(=O)n(C2COCC2Nc2ncccc2C#N)n1. The fraction of sp³-hybridized carbons (Fsp3) is 0.333. The number of nitrogens with one attached hydrogen (secondary N) is 1. The lowest BCUT2D eigenvalue weighted by molar-refractivity contribution is 0.182. The highest BCUT2D eigenvalue weighted by atomic mass is 16.5. The van der Waals surface area contributed by atoms with E-state index in [-0.39, 0.29) is 17.6 Å². The van der Waals surface area contributed by atoms with E-state index in [0.29, 0.717) is 24.6 Å². The maximum atomic E-state index is 12.0. The maximum Gasteiger partial charge on any atom is 0.267 e. The molecule has 0 saturated carbocycles. The number of hydrogen-bond donors (Lipinski definition) is 1. The summed E-state index contributed by atoms with van der Waals surface area (Å²) >= 11 is 0. The summed E-state index contributed by atoms with van der Waals surface area (Å²) in [7, 11) is 0. The minimum atomic E-state index is -0.235. The smallest absolute Gasteiger partial charge is 0.267 e. The van der Waals surface area contributed by atoms with Crippen LogP contribution in [-0.4, -0.2) is 34.0 Å². The molecule has 2 aromatic heterocycles. The number of pyridine rings is 1. The van der Waals surface area contributed by atoms with Gasteiger partial charge in [0, 0.05) is 12.3 Å². The Hall–Kier alpha value is -2.72. The van der Waals surface area contributed by atoms with Crippen LogP contribution in [0.4, 0.5) is 5.82 Å². The summed E-state index contributed by atoms with van der Waals surface area (Å²) in [4.78, 5) is 16.2. The van der Waals surface area contributed by atoms with Crippen molar-refractivity contribution in [1.29, 1.82) is 5.26 Å². The summed E-state index contributed by atoms with van der Waals surface area (Å²) in [6.07, 6.45) is 1.62. The van der Waals surface area contributed by atoms with Gasteiger partial charge in [-0.05, 0) is 25.1 Å². The molecule has 3 heterocycles. The van der Waals surface area contributed by atoms with Gasteiger partial charge in [-0.3, -0.25) is 4.79 Å². The third-order valence-electron chi connectivity index (χ3n) is 3.57. The van der Waals surface area contributed by atoms with Crippen molar-refractivity contribution in [2.45, 2.75) is 19.0 Å². The maximum absolute atomic E-state index is 12.0. The van der Waals surface area contributed by atoms with Crippen molar-refractivity contribution < 1.29 is 4.74 Å². The Bertz CT molecular complexity index is 780. The first-order valence-electron chi connectivity index (χ1n) is 6.95. The second-order valence-corrected chi connectivity index (χ2v) is 5.12. The Kier molecular flexibility index (Phi) is 3.85. The molecular formula is C15H15N5O2. The average Bonchev–Trinajstić information content (AvgIpc) is 2.98. The molecule has 2 atom stereocenters. The molecule has 0 aromatic carbocycles. The van der Waals surface area contributed by atoms with E-state index in [2.05, 4.69) is 21.5 Å². The number of aryl methyl sites for hydroxylation is 1. The van der Waals surface area contributed by atoms with Gasteiger partial charge in [-0.25, -0.2) is 9.67 Å². The molecule has 0 aliphatic carbocycles. The molecule has 1 fully saturated rings. The van der Waals surface area contributed by atoms with Crippen LogP contribution >= 0.6 is 0 Å². The van der Waals surface area contributed by atoms with Crippen LogP contribution in [0.25, 0.3) is 0 Å². The van der Waals surface area contributed by atoms with Crippen molar-refractivity contribution in [1.82, 2.24) is 14.8 Å². The van der Waals surface area contributed by atoms with E-state index in [1.807, 2.05) is 6.92 Å². The lowest BCUT2D eigenvalue weighted by Crippen LogP contribution is -2.37. The summed E-state index contributed by atoms with van der Waals surface area (Å²) in [5.74, 6) is 0.492. The zero-order valence-electron chi connectivity index (χ0n) is 12.1. The van der Waals surface area contributed by atoms with Gasteiger partial charge in [0.1, 0.15) is 17.9 Å². The second kappa shape index (κ2) is 5.95. The van der Waals surface area contributed by atoms with E-state index >= 15 is 0 Å². The molecule has 112 valence electrons. The zero-order chi connectivity index (χ0) is 15.5. The summed E-state index contributed by atoms with van der Waals surface area (Å²) in [6.45, 7) is 2.65. The van der Waals surface area contributed by atoms with Crippen LogP contribution in [0.1, 0.15) is 17.3 Å². The van der Waals surface area contributed by atoms with Crippen molar-refractivity contribution in [2.75, 3.05) is 18.5 Å². The van der Waals surface area contributed by atoms with Crippen LogP contribution in [0.15, 0.2) is 35.3 Å². The van der Waals surface area contributed by atoms with Crippen LogP contribution in [-0.2, 0) is 4.74 Å². The normalized spacial score (nSPS) is 20.5. The Balaban J connectivity index is 1.89. The highest BCUT2D eigenvalue weighted by molar-refractivity contribution is 5.52. The minimum Gasteiger partial charge on any atom is -0.377 e. The molecule has 0 radical (unpaired) electrons. The monoisotopic (exact) mass is 297 g/mol. The van der Waals surface area contributed by atoms with Crippen LogP contribution in [0.5, 0.6) is 0 Å². The Morgan fingerprint density at radius 2 is 2.27 bits per heavy atom. The summed E-state index contributed by atoms with van der Waals surface area (Å²) in [5, 5.41) is 16.6. The lowest BCUT2D eigenvalue weighted by Gasteiger charge is -2.21. The third-order valence-corrected chi connectivity index (χ3v) is 3.57. The summed E-state index contributed by atoms with van der Waals surface area (Å²) in [5.41, 5.74) is 1.05. The topological polar surface area (TPSA) is 92.8 Å². The lowest BCUT2D eigenvalue weighted by atomic mass is 10.1. The Morgan fingerprint density at radius 3 is 3.09 bits per heavy atom. The second-order valence-electron chi connectivity index (χ2n) is 5.12. The molecule has 1 aliphatic heterocycles. The van der Waals surface area contributed by atoms with Crippen molar-refractivity contribution in [3.63, 3.8) is 0 Å². The van der Waals surface area contributed by atoms with Crippen LogP contribution in [0.3, 0.4) is 0 Å². The molecule has 0 spiro atoms. The molecule has 7 nitrogen and oxygen atoms in total. The highest BCUT2D eigenvalue weighted by Gasteiger charge is 2.32. The molecule has 2 aromatic rings. The van der Waals surface area contributed by atoms with Gasteiger partial charge in [0.2, 0.25) is 0 Å². The minimum absolute atomic E-state index is 0.172. The van der Waals surface area contributed by atoms with Crippen LogP contribution in [0, 0.1) is 18.3 Å². The van der Waals surface area contributed by atoms with Gasteiger partial charge in [-0.1, -0.05) is 0 Å². The van der Waals surface area contributed by atoms with Crippen molar-refractivity contribution in [3.8, 4) is 6.07 Å². The van der Waals surface area contributed by atoms with Gasteiger partial charge in [0.25, 0.3) is 5.56 Å². The number of ether oxygens (including phenoxy) is 1. The van der Waals surface area contributed by atoms with Gasteiger partial charge < -0.3 is 10.1 Å². The number of anilines is 1. The van der Waals surface area contributed by atoms with Crippen LogP contribution < -0.4 is 10.9 Å². The van der Waals surface area contributed by atoms with Gasteiger partial charge in [-0.15, -0.1) is 0 Å². The van der Waals surface area contributed by atoms with Crippen molar-refractivity contribution in [3.05, 3.63) is 52.1 Å². The zero-order valence-corrected chi connectivity index (χ0v) is 12.1. The quantitative estimate of drug-likeness (QED) is 0.903. The Labute approximate surface area is 127 Å². The number of aromatic nitrogens is 3. The largest absolute Gasteiger partial charge is 0.377 e. The predicted octanol–water partition coefficient (Wildman–Crippen LogP) is 0.870. The van der Waals surface area contributed by atoms with Gasteiger partial charge in [0.05, 0.1) is 30.5 Å². The first kappa shape index (κ1) is 14.2. The van der Waals surface area contributed by atoms with Gasteiger partial charge in [0.15, 0.2) is 0 Å². The third kappa shape index (κ3) is 2.69. The number of nitriles is 1. The molecule has 0 amide bonds. The molecule has 3 rings (SSSR count). The molecule has 0 bridgehead atoms. The molecule has 7 heteroatoms. The van der Waals surface area contributed by atoms with E-state index in [1.165, 1.54) is 10.7 Å². The highest BCUT2D eigenvalue weighted by Crippen LogP contribution is 2.22. The average molecular weight is 297 g/mol. The fourth-order valence-electron chi connectivity index (χ4n) is 2.47. The van der Waals surface area contributed by atoms with Gasteiger partial charge in [-0.2, -0.15) is 10.4 Å². The predicted molar refractivity (Wildman–Crippen MR) is 79.5 cm³/mol. The molecule has 22 heavy (non-hydrogen) atoms. The standard InChI is InChI=1S/C15H15N5O2/c1-10-4-5-14(21)20(19-10)13-9-22-8-12(13)18-15-11(7-16)3-2-6-17-15/h2-6,12-13H,8-9H2,1H3,(H,17,18). The number of rotatable bonds is 3. The van der Waals surface area contributed by atoms with Crippen LogP contribution in [0.2, 0.25) is 0 Å². The first-order chi connectivity index (χ1) is 10.7. The molecular weight excluding hydrogens is 282 g/mol. The Morgan fingerprint density at radius 1 is 1.41 bits per heavy atom. The first-order valence-corrected chi connectivity index (χ1v) is 6.95. The van der Waals surface area contributed by atoms with E-state index in [9.17, 15) is 4.79 Å². The van der Waals surface area contributed by atoms with E-state index in [1.54, 1.807) is 24.4 Å². The van der Waals surface area contributed by atoms with Crippen molar-refractivity contribution >= 4 is 5.82 Å². The molecule has 1 N–H and O–H groups in total. The number of hydrogen-bond acceptors (Lipinski definition) is 6. The van der Waals surface area contributed by atoms with E-state index in [0.717, 1.165) is 5.69 Å². The molecule has 1 aliphatic rings. The molecule has 1 saturated heterocycles. The van der Waals surface area contributed by atoms with E-state index < -0.39 is 0 Å². The van der Waals surface area contributed by atoms with Gasteiger partial charge >= 0.3 is 0 Å². The molecule has 2 unspecified atom stereocenters. The summed E-state index contributed by atoms with van der Waals surface area (Å²) < 4.78 is 6.93. The van der Waals surface area contributed by atoms with Crippen molar-refractivity contribution in [2.24, 2.45) is 0 Å². The van der Waals surface area contributed by atoms with E-state index in [4.69, 9.17) is 10.00 Å². The summed E-state index contributed by atoms with van der Waals surface area (Å²) in [6, 6.07) is 8.27. The number of nitrogens with zero attached hydrogens (tertiary/aromatic N) is 4.